The molecule has 1 rings (SSSR count). The average Bonchev–Trinajstić information content (AvgIpc) is 2.92. The number of aryl methyl sites for hydroxylation is 1. The van der Waals surface area contributed by atoms with Crippen molar-refractivity contribution in [1.29, 1.82) is 0 Å². The molecule has 0 aliphatic rings. The molecule has 0 bridgehead atoms. The predicted octanol–water partition coefficient (Wildman–Crippen LogP) is 0.844. The highest BCUT2D eigenvalue weighted by atomic mass is 16.5. The minimum Gasteiger partial charge on any atom is -0.467 e. The average molecular weight is 312 g/mol. The normalized spacial score (nSPS) is 13.1. The van der Waals surface area contributed by atoms with Crippen LogP contribution in [0.15, 0.2) is 10.6 Å². The van der Waals surface area contributed by atoms with Crippen LogP contribution in [-0.2, 0) is 19.1 Å². The summed E-state index contributed by atoms with van der Waals surface area (Å²) in [6, 6.07) is 0.510. The summed E-state index contributed by atoms with van der Waals surface area (Å²) in [4.78, 5) is 34.9. The molecule has 1 heterocycles. The number of ether oxygens (including phenoxy) is 2. The highest BCUT2D eigenvalue weighted by molar-refractivity contribution is 5.95. The van der Waals surface area contributed by atoms with Crippen LogP contribution in [0.25, 0.3) is 0 Å². The van der Waals surface area contributed by atoms with Gasteiger partial charge in [0.15, 0.2) is 5.69 Å². The lowest BCUT2D eigenvalue weighted by Crippen LogP contribution is -2.48. The van der Waals surface area contributed by atoms with Gasteiger partial charge in [-0.05, 0) is 13.3 Å². The zero-order chi connectivity index (χ0) is 16.7. The van der Waals surface area contributed by atoms with Crippen molar-refractivity contribution >= 4 is 17.8 Å². The van der Waals surface area contributed by atoms with Gasteiger partial charge in [-0.25, -0.2) is 4.79 Å². The number of methoxy groups -OCH3 is 1. The van der Waals surface area contributed by atoms with E-state index in [2.05, 4.69) is 10.5 Å². The number of carbonyl (C=O) groups excluding carboxylic acids is 3. The Morgan fingerprint density at radius 3 is 2.55 bits per heavy atom. The fourth-order valence-corrected chi connectivity index (χ4v) is 1.86. The Kier molecular flexibility index (Phi) is 6.55. The van der Waals surface area contributed by atoms with Crippen LogP contribution in [0, 0.1) is 12.8 Å². The first-order valence-electron chi connectivity index (χ1n) is 6.84. The Morgan fingerprint density at radius 1 is 1.41 bits per heavy atom. The van der Waals surface area contributed by atoms with E-state index in [1.807, 2.05) is 6.92 Å². The predicted molar refractivity (Wildman–Crippen MR) is 74.9 cm³/mol. The van der Waals surface area contributed by atoms with Crippen LogP contribution in [0.4, 0.5) is 0 Å². The fourth-order valence-electron chi connectivity index (χ4n) is 1.86. The van der Waals surface area contributed by atoms with Crippen LogP contribution in [0.2, 0.25) is 0 Å². The molecule has 0 unspecified atom stereocenters. The molecule has 22 heavy (non-hydrogen) atoms. The third-order valence-electron chi connectivity index (χ3n) is 3.10. The number of amides is 1. The third kappa shape index (κ3) is 4.87. The molecule has 0 fully saturated rings. The standard InChI is InChI=1S/C14H20N2O6/c1-5-10(7-21-9(3)17)12(14(19)20-4)15-13(18)11-6-8(2)22-16-11/h6,10,12H,5,7H2,1-4H3,(H,15,18)/t10-,12+/m1/s1. The molecule has 8 nitrogen and oxygen atoms in total. The van der Waals surface area contributed by atoms with Crippen LogP contribution < -0.4 is 5.32 Å². The highest BCUT2D eigenvalue weighted by Gasteiger charge is 2.31. The number of hydrogen-bond donors (Lipinski definition) is 1. The monoisotopic (exact) mass is 312 g/mol. The van der Waals surface area contributed by atoms with Crippen molar-refractivity contribution in [3.8, 4) is 0 Å². The van der Waals surface area contributed by atoms with Gasteiger partial charge in [0, 0.05) is 18.9 Å². The van der Waals surface area contributed by atoms with E-state index >= 15 is 0 Å². The van der Waals surface area contributed by atoms with E-state index in [4.69, 9.17) is 14.0 Å². The number of nitrogens with zero attached hydrogens (tertiary/aromatic N) is 1. The Balaban J connectivity index is 2.84. The third-order valence-corrected chi connectivity index (χ3v) is 3.10. The minimum atomic E-state index is -0.946. The SMILES string of the molecule is CC[C@H](COC(C)=O)[C@H](NC(=O)c1cc(C)on1)C(=O)OC. The van der Waals surface area contributed by atoms with E-state index in [9.17, 15) is 14.4 Å². The lowest BCUT2D eigenvalue weighted by atomic mass is 9.97. The summed E-state index contributed by atoms with van der Waals surface area (Å²) in [5.41, 5.74) is 0.0637. The second kappa shape index (κ2) is 8.16. The summed E-state index contributed by atoms with van der Waals surface area (Å²) in [6.07, 6.45) is 0.505. The summed E-state index contributed by atoms with van der Waals surface area (Å²) < 4.78 is 14.5. The van der Waals surface area contributed by atoms with Gasteiger partial charge in [0.05, 0.1) is 13.7 Å². The Morgan fingerprint density at radius 2 is 2.09 bits per heavy atom. The zero-order valence-corrected chi connectivity index (χ0v) is 13.0. The molecule has 8 heteroatoms. The first-order chi connectivity index (χ1) is 10.4. The van der Waals surface area contributed by atoms with Crippen LogP contribution in [-0.4, -0.2) is 42.8 Å². The maximum Gasteiger partial charge on any atom is 0.328 e. The van der Waals surface area contributed by atoms with Crippen molar-refractivity contribution in [2.75, 3.05) is 13.7 Å². The molecular weight excluding hydrogens is 292 g/mol. The van der Waals surface area contributed by atoms with E-state index < -0.39 is 29.8 Å². The highest BCUT2D eigenvalue weighted by Crippen LogP contribution is 2.13. The van der Waals surface area contributed by atoms with E-state index in [1.165, 1.54) is 20.1 Å². The van der Waals surface area contributed by atoms with Crippen molar-refractivity contribution in [2.45, 2.75) is 33.2 Å². The van der Waals surface area contributed by atoms with Gasteiger partial charge < -0.3 is 19.3 Å². The first-order valence-corrected chi connectivity index (χ1v) is 6.84. The maximum atomic E-state index is 12.1. The molecule has 0 saturated carbocycles. The topological polar surface area (TPSA) is 108 Å². The fraction of sp³-hybridized carbons (Fsp3) is 0.571. The van der Waals surface area contributed by atoms with Gasteiger partial charge >= 0.3 is 11.9 Å². The van der Waals surface area contributed by atoms with Crippen molar-refractivity contribution in [2.24, 2.45) is 5.92 Å². The van der Waals surface area contributed by atoms with Crippen molar-refractivity contribution < 1.29 is 28.4 Å². The van der Waals surface area contributed by atoms with Crippen molar-refractivity contribution in [3.05, 3.63) is 17.5 Å². The number of carbonyl (C=O) groups is 3. The minimum absolute atomic E-state index is 0.00369. The van der Waals surface area contributed by atoms with Crippen LogP contribution >= 0.6 is 0 Å². The second-order valence-electron chi connectivity index (χ2n) is 4.77. The molecule has 0 aliphatic heterocycles. The van der Waals surface area contributed by atoms with E-state index in [1.54, 1.807) is 6.92 Å². The number of hydrogen-bond acceptors (Lipinski definition) is 7. The molecular formula is C14H20N2O6. The van der Waals surface area contributed by atoms with Gasteiger partial charge in [0.2, 0.25) is 0 Å². The Labute approximate surface area is 128 Å². The first kappa shape index (κ1) is 17.7. The zero-order valence-electron chi connectivity index (χ0n) is 13.0. The van der Waals surface area contributed by atoms with E-state index in [0.29, 0.717) is 12.2 Å². The molecule has 1 N–H and O–H groups in total. The smallest absolute Gasteiger partial charge is 0.328 e. The molecule has 122 valence electrons. The lowest BCUT2D eigenvalue weighted by molar-refractivity contribution is -0.149. The van der Waals surface area contributed by atoms with Gasteiger partial charge in [0.1, 0.15) is 11.8 Å². The maximum absolute atomic E-state index is 12.1. The molecule has 1 aromatic rings. The molecule has 0 spiro atoms. The molecule has 0 aliphatic carbocycles. The van der Waals surface area contributed by atoms with Crippen LogP contribution in [0.3, 0.4) is 0 Å². The number of nitrogens with one attached hydrogen (secondary N) is 1. The largest absolute Gasteiger partial charge is 0.467 e. The van der Waals surface area contributed by atoms with Gasteiger partial charge in [0.25, 0.3) is 5.91 Å². The van der Waals surface area contributed by atoms with Gasteiger partial charge in [-0.3, -0.25) is 9.59 Å². The van der Waals surface area contributed by atoms with Gasteiger partial charge in [-0.1, -0.05) is 12.1 Å². The number of rotatable bonds is 7. The second-order valence-corrected chi connectivity index (χ2v) is 4.77. The number of aromatic nitrogens is 1. The summed E-state index contributed by atoms with van der Waals surface area (Å²) in [7, 11) is 1.22. The quantitative estimate of drug-likeness (QED) is 0.743. The lowest BCUT2D eigenvalue weighted by Gasteiger charge is -2.24. The summed E-state index contributed by atoms with van der Waals surface area (Å²) in [5.74, 6) is -1.57. The van der Waals surface area contributed by atoms with E-state index in [-0.39, 0.29) is 12.3 Å². The van der Waals surface area contributed by atoms with Crippen molar-refractivity contribution in [3.63, 3.8) is 0 Å². The molecule has 0 radical (unpaired) electrons. The Bertz CT molecular complexity index is 539. The molecule has 0 saturated heterocycles. The summed E-state index contributed by atoms with van der Waals surface area (Å²) >= 11 is 0. The Hall–Kier alpha value is -2.38. The van der Waals surface area contributed by atoms with E-state index in [0.717, 1.165) is 0 Å². The van der Waals surface area contributed by atoms with Gasteiger partial charge in [-0.15, -0.1) is 0 Å². The summed E-state index contributed by atoms with van der Waals surface area (Å²) in [6.45, 7) is 4.74. The van der Waals surface area contributed by atoms with Crippen LogP contribution in [0.1, 0.15) is 36.5 Å². The summed E-state index contributed by atoms with van der Waals surface area (Å²) in [5, 5.41) is 6.13. The molecule has 2 atom stereocenters. The van der Waals surface area contributed by atoms with Crippen LogP contribution in [0.5, 0.6) is 0 Å². The molecule has 0 aromatic carbocycles. The number of esters is 2. The van der Waals surface area contributed by atoms with Crippen molar-refractivity contribution in [1.82, 2.24) is 10.5 Å². The van der Waals surface area contributed by atoms with Gasteiger partial charge in [-0.2, -0.15) is 0 Å². The molecule has 1 amide bonds. The molecule has 1 aromatic heterocycles.